The van der Waals surface area contributed by atoms with Crippen LogP contribution in [-0.2, 0) is 9.53 Å². The minimum atomic E-state index is -1.24. The van der Waals surface area contributed by atoms with Crippen molar-refractivity contribution in [3.63, 3.8) is 0 Å². The summed E-state index contributed by atoms with van der Waals surface area (Å²) in [4.78, 5) is 34.6. The average Bonchev–Trinajstić information content (AvgIpc) is 2.53. The third kappa shape index (κ3) is 5.08. The number of rotatable bonds is 5. The number of benzene rings is 2. The molecule has 0 fully saturated rings. The van der Waals surface area contributed by atoms with Crippen LogP contribution in [-0.4, -0.2) is 22.9 Å². The number of esters is 1. The van der Waals surface area contributed by atoms with Crippen LogP contribution in [0.25, 0.3) is 0 Å². The lowest BCUT2D eigenvalue weighted by Gasteiger charge is -2.14. The van der Waals surface area contributed by atoms with E-state index >= 15 is 0 Å². The predicted octanol–water partition coefficient (Wildman–Crippen LogP) is 4.74. The van der Waals surface area contributed by atoms with Crippen LogP contribution in [0.4, 0.5) is 11.4 Å². The lowest BCUT2D eigenvalue weighted by Crippen LogP contribution is -2.30. The first-order valence-corrected chi connectivity index (χ1v) is 8.22. The van der Waals surface area contributed by atoms with Gasteiger partial charge in [-0.2, -0.15) is 0 Å². The smallest absolute Gasteiger partial charge is 0.345 e. The van der Waals surface area contributed by atoms with Crippen molar-refractivity contribution in [2.45, 2.75) is 13.0 Å². The van der Waals surface area contributed by atoms with E-state index in [4.69, 9.17) is 39.5 Å². The van der Waals surface area contributed by atoms with Crippen LogP contribution < -0.4 is 5.32 Å². The number of amides is 1. The van der Waals surface area contributed by atoms with E-state index in [1.54, 1.807) is 0 Å². The number of carbonyl (C=O) groups excluding carboxylic acids is 2. The highest BCUT2D eigenvalue weighted by Gasteiger charge is 2.25. The Kier molecular flexibility index (Phi) is 6.42. The molecule has 0 saturated carbocycles. The molecule has 1 N–H and O–H groups in total. The first-order chi connectivity index (χ1) is 12.2. The second-order valence-corrected chi connectivity index (χ2v) is 6.42. The molecule has 7 nitrogen and oxygen atoms in total. The molecule has 2 aromatic rings. The number of anilines is 1. The molecule has 1 unspecified atom stereocenters. The maximum absolute atomic E-state index is 12.2. The summed E-state index contributed by atoms with van der Waals surface area (Å²) in [6, 6.07) is 7.86. The molecular formula is C16H11Cl3N2O5. The molecule has 2 aromatic carbocycles. The van der Waals surface area contributed by atoms with Crippen molar-refractivity contribution in [1.29, 1.82) is 0 Å². The van der Waals surface area contributed by atoms with Gasteiger partial charge in [-0.1, -0.05) is 34.8 Å². The molecule has 0 heterocycles. The highest BCUT2D eigenvalue weighted by Crippen LogP contribution is 2.25. The van der Waals surface area contributed by atoms with E-state index in [0.29, 0.717) is 15.7 Å². The third-order valence-electron chi connectivity index (χ3n) is 3.16. The van der Waals surface area contributed by atoms with Crippen LogP contribution in [0.5, 0.6) is 0 Å². The highest BCUT2D eigenvalue weighted by atomic mass is 35.5. The van der Waals surface area contributed by atoms with Gasteiger partial charge in [-0.15, -0.1) is 0 Å². The molecule has 0 aromatic heterocycles. The van der Waals surface area contributed by atoms with Gasteiger partial charge in [0.2, 0.25) is 0 Å². The minimum absolute atomic E-state index is 0.119. The molecule has 0 bridgehead atoms. The molecule has 1 atom stereocenters. The van der Waals surface area contributed by atoms with E-state index < -0.39 is 28.6 Å². The second kappa shape index (κ2) is 8.35. The number of nitrogens with one attached hydrogen (secondary N) is 1. The number of nitro benzene ring substituents is 1. The van der Waals surface area contributed by atoms with Gasteiger partial charge < -0.3 is 10.1 Å². The summed E-state index contributed by atoms with van der Waals surface area (Å²) in [5, 5.41) is 14.2. The van der Waals surface area contributed by atoms with Gasteiger partial charge in [-0.05, 0) is 37.3 Å². The van der Waals surface area contributed by atoms with Gasteiger partial charge in [0.05, 0.1) is 4.92 Å². The average molecular weight is 418 g/mol. The van der Waals surface area contributed by atoms with Crippen molar-refractivity contribution in [1.82, 2.24) is 0 Å². The number of nitro groups is 1. The van der Waals surface area contributed by atoms with Gasteiger partial charge in [0.1, 0.15) is 5.56 Å². The van der Waals surface area contributed by atoms with Gasteiger partial charge in [-0.25, -0.2) is 4.79 Å². The van der Waals surface area contributed by atoms with Gasteiger partial charge >= 0.3 is 5.97 Å². The second-order valence-electron chi connectivity index (χ2n) is 5.11. The van der Waals surface area contributed by atoms with Crippen molar-refractivity contribution in [3.8, 4) is 0 Å². The molecule has 10 heteroatoms. The van der Waals surface area contributed by atoms with Crippen molar-refractivity contribution in [2.24, 2.45) is 0 Å². The Balaban J connectivity index is 2.12. The third-order valence-corrected chi connectivity index (χ3v) is 3.83. The summed E-state index contributed by atoms with van der Waals surface area (Å²) >= 11 is 17.5. The predicted molar refractivity (Wildman–Crippen MR) is 98.1 cm³/mol. The molecular weight excluding hydrogens is 407 g/mol. The molecule has 2 rings (SSSR count). The number of nitrogens with zero attached hydrogens (tertiary/aromatic N) is 1. The first-order valence-electron chi connectivity index (χ1n) is 7.09. The molecule has 0 radical (unpaired) electrons. The molecule has 0 aliphatic heterocycles. The van der Waals surface area contributed by atoms with Crippen molar-refractivity contribution in [2.75, 3.05) is 5.32 Å². The topological polar surface area (TPSA) is 98.5 Å². The SMILES string of the molecule is CC(OC(=O)c1cc(Cl)ccc1[N+](=O)[O-])C(=O)Nc1cc(Cl)cc(Cl)c1. The number of hydrogen-bond acceptors (Lipinski definition) is 5. The van der Waals surface area contributed by atoms with Crippen LogP contribution >= 0.6 is 34.8 Å². The lowest BCUT2D eigenvalue weighted by atomic mass is 10.2. The zero-order valence-electron chi connectivity index (χ0n) is 13.2. The molecule has 26 heavy (non-hydrogen) atoms. The zero-order valence-corrected chi connectivity index (χ0v) is 15.4. The summed E-state index contributed by atoms with van der Waals surface area (Å²) in [6.07, 6.45) is -1.24. The summed E-state index contributed by atoms with van der Waals surface area (Å²) < 4.78 is 5.00. The fraction of sp³-hybridized carbons (Fsp3) is 0.125. The number of halogens is 3. The van der Waals surface area contributed by atoms with Crippen LogP contribution in [0.3, 0.4) is 0 Å². The van der Waals surface area contributed by atoms with Crippen LogP contribution in [0.2, 0.25) is 15.1 Å². The van der Waals surface area contributed by atoms with Gasteiger partial charge in [0.15, 0.2) is 6.10 Å². The summed E-state index contributed by atoms with van der Waals surface area (Å²) in [7, 11) is 0. The fourth-order valence-corrected chi connectivity index (χ4v) is 2.68. The van der Waals surface area contributed by atoms with E-state index in [1.807, 2.05) is 0 Å². The van der Waals surface area contributed by atoms with E-state index in [2.05, 4.69) is 5.32 Å². The van der Waals surface area contributed by atoms with E-state index in [9.17, 15) is 19.7 Å². The molecule has 0 spiro atoms. The van der Waals surface area contributed by atoms with Crippen LogP contribution in [0.15, 0.2) is 36.4 Å². The largest absolute Gasteiger partial charge is 0.449 e. The summed E-state index contributed by atoms with van der Waals surface area (Å²) in [5.74, 6) is -1.72. The Morgan fingerprint density at radius 2 is 1.69 bits per heavy atom. The normalized spacial score (nSPS) is 11.5. The van der Waals surface area contributed by atoms with E-state index in [1.165, 1.54) is 31.2 Å². The van der Waals surface area contributed by atoms with Gasteiger partial charge in [0, 0.05) is 26.8 Å². The van der Waals surface area contributed by atoms with Gasteiger partial charge in [0.25, 0.3) is 11.6 Å². The Morgan fingerprint density at radius 1 is 1.08 bits per heavy atom. The number of hydrogen-bond donors (Lipinski definition) is 1. The summed E-state index contributed by atoms with van der Waals surface area (Å²) in [5.41, 5.74) is -0.522. The zero-order chi connectivity index (χ0) is 19.4. The van der Waals surface area contributed by atoms with E-state index in [0.717, 1.165) is 12.1 Å². The fourth-order valence-electron chi connectivity index (χ4n) is 1.98. The molecule has 136 valence electrons. The number of ether oxygens (including phenoxy) is 1. The van der Waals surface area contributed by atoms with Crippen LogP contribution in [0.1, 0.15) is 17.3 Å². The quantitative estimate of drug-likeness (QED) is 0.430. The lowest BCUT2D eigenvalue weighted by molar-refractivity contribution is -0.385. The first kappa shape index (κ1) is 20.0. The highest BCUT2D eigenvalue weighted by molar-refractivity contribution is 6.35. The minimum Gasteiger partial charge on any atom is -0.449 e. The number of carbonyl (C=O) groups is 2. The Labute approximate surface area is 162 Å². The maximum Gasteiger partial charge on any atom is 0.345 e. The van der Waals surface area contributed by atoms with Gasteiger partial charge in [-0.3, -0.25) is 14.9 Å². The van der Waals surface area contributed by atoms with Crippen molar-refractivity contribution < 1.29 is 19.2 Å². The molecule has 0 aliphatic carbocycles. The molecule has 1 amide bonds. The van der Waals surface area contributed by atoms with E-state index in [-0.39, 0.29) is 10.6 Å². The standard InChI is InChI=1S/C16H11Cl3N2O5/c1-8(15(22)20-12-5-10(18)4-11(19)6-12)26-16(23)13-7-9(17)2-3-14(13)21(24)25/h2-8H,1H3,(H,20,22). The van der Waals surface area contributed by atoms with Crippen LogP contribution in [0, 0.1) is 10.1 Å². The maximum atomic E-state index is 12.2. The Bertz CT molecular complexity index is 868. The Hall–Kier alpha value is -2.35. The van der Waals surface area contributed by atoms with Crippen molar-refractivity contribution in [3.05, 3.63) is 67.1 Å². The Morgan fingerprint density at radius 3 is 2.27 bits per heavy atom. The molecule has 0 aliphatic rings. The summed E-state index contributed by atoms with van der Waals surface area (Å²) in [6.45, 7) is 1.32. The monoisotopic (exact) mass is 416 g/mol. The molecule has 0 saturated heterocycles. The van der Waals surface area contributed by atoms with Crippen molar-refractivity contribution >= 4 is 58.1 Å².